The number of benzene rings is 1. The van der Waals surface area contributed by atoms with E-state index in [1.165, 1.54) is 0 Å². The van der Waals surface area contributed by atoms with Gasteiger partial charge in [0.2, 0.25) is 0 Å². The number of hydrogen-bond donors (Lipinski definition) is 1. The molecule has 84 valence electrons. The second-order valence-electron chi connectivity index (χ2n) is 4.03. The molecule has 0 radical (unpaired) electrons. The minimum atomic E-state index is -0.0921. The van der Waals surface area contributed by atoms with Gasteiger partial charge < -0.3 is 10.0 Å². The van der Waals surface area contributed by atoms with Gasteiger partial charge in [-0.1, -0.05) is 23.8 Å². The van der Waals surface area contributed by atoms with Crippen molar-refractivity contribution in [2.75, 3.05) is 13.1 Å². The van der Waals surface area contributed by atoms with Gasteiger partial charge in [-0.05, 0) is 25.5 Å². The molecule has 0 saturated heterocycles. The monoisotopic (exact) mass is 217 g/mol. The quantitative estimate of drug-likeness (QED) is 0.732. The Bertz CT molecular complexity index is 438. The topological polar surface area (TPSA) is 40.5 Å². The molecule has 3 nitrogen and oxygen atoms in total. The highest BCUT2D eigenvalue weighted by Gasteiger charge is 2.18. The average molecular weight is 217 g/mol. The molecule has 0 unspecified atom stereocenters. The van der Waals surface area contributed by atoms with Crippen LogP contribution in [0.4, 0.5) is 0 Å². The highest BCUT2D eigenvalue weighted by atomic mass is 16.3. The average Bonchev–Trinajstić information content (AvgIpc) is 2.32. The Morgan fingerprint density at radius 3 is 2.88 bits per heavy atom. The molecule has 1 amide bonds. The van der Waals surface area contributed by atoms with E-state index in [2.05, 4.69) is 6.08 Å². The minimum Gasteiger partial charge on any atom is -0.507 e. The van der Waals surface area contributed by atoms with Gasteiger partial charge >= 0.3 is 0 Å². The number of hydrogen-bond acceptors (Lipinski definition) is 2. The summed E-state index contributed by atoms with van der Waals surface area (Å²) >= 11 is 0. The van der Waals surface area contributed by atoms with Crippen molar-refractivity contribution in [1.82, 2.24) is 4.90 Å². The molecule has 0 atom stereocenters. The summed E-state index contributed by atoms with van der Waals surface area (Å²) < 4.78 is 0. The van der Waals surface area contributed by atoms with Gasteiger partial charge in [-0.3, -0.25) is 4.79 Å². The normalized spacial score (nSPS) is 15.2. The predicted octanol–water partition coefficient (Wildman–Crippen LogP) is 2.10. The highest BCUT2D eigenvalue weighted by Crippen LogP contribution is 2.20. The van der Waals surface area contributed by atoms with Gasteiger partial charge in [-0.15, -0.1) is 0 Å². The smallest absolute Gasteiger partial charge is 0.257 e. The van der Waals surface area contributed by atoms with Crippen molar-refractivity contribution in [3.63, 3.8) is 0 Å². The molecule has 1 aliphatic rings. The molecule has 1 aromatic carbocycles. The van der Waals surface area contributed by atoms with Crippen molar-refractivity contribution in [2.24, 2.45) is 0 Å². The number of carbonyl (C=O) groups is 1. The van der Waals surface area contributed by atoms with Crippen molar-refractivity contribution in [1.29, 1.82) is 0 Å². The molecule has 0 bridgehead atoms. The van der Waals surface area contributed by atoms with Crippen LogP contribution in [0.5, 0.6) is 5.75 Å². The van der Waals surface area contributed by atoms with Crippen molar-refractivity contribution >= 4 is 5.91 Å². The van der Waals surface area contributed by atoms with E-state index in [4.69, 9.17) is 0 Å². The number of nitrogens with zero attached hydrogens (tertiary/aromatic N) is 1. The lowest BCUT2D eigenvalue weighted by Gasteiger charge is -2.23. The van der Waals surface area contributed by atoms with Crippen LogP contribution in [0.15, 0.2) is 30.4 Å². The molecule has 1 aliphatic heterocycles. The van der Waals surface area contributed by atoms with Gasteiger partial charge in [-0.25, -0.2) is 0 Å². The van der Waals surface area contributed by atoms with Gasteiger partial charge in [-0.2, -0.15) is 0 Å². The Balaban J connectivity index is 2.26. The number of aryl methyl sites for hydroxylation is 1. The Morgan fingerprint density at radius 1 is 1.38 bits per heavy atom. The Labute approximate surface area is 95.0 Å². The molecule has 16 heavy (non-hydrogen) atoms. The first kappa shape index (κ1) is 10.7. The van der Waals surface area contributed by atoms with Gasteiger partial charge in [0.15, 0.2) is 0 Å². The summed E-state index contributed by atoms with van der Waals surface area (Å²) in [5.74, 6) is -0.0318. The van der Waals surface area contributed by atoms with E-state index < -0.39 is 0 Å². The summed E-state index contributed by atoms with van der Waals surface area (Å²) in [6, 6.07) is 5.10. The third-order valence-corrected chi connectivity index (χ3v) is 2.73. The molecule has 2 rings (SSSR count). The summed E-state index contributed by atoms with van der Waals surface area (Å²) in [6.45, 7) is 3.27. The van der Waals surface area contributed by atoms with Crippen LogP contribution in [-0.2, 0) is 0 Å². The van der Waals surface area contributed by atoms with Crippen LogP contribution >= 0.6 is 0 Å². The van der Waals surface area contributed by atoms with Crippen molar-refractivity contribution in [2.45, 2.75) is 13.3 Å². The zero-order chi connectivity index (χ0) is 11.5. The van der Waals surface area contributed by atoms with Crippen LogP contribution in [0.1, 0.15) is 22.3 Å². The van der Waals surface area contributed by atoms with E-state index in [9.17, 15) is 9.90 Å². The number of amides is 1. The first-order valence-corrected chi connectivity index (χ1v) is 5.42. The lowest BCUT2D eigenvalue weighted by Crippen LogP contribution is -2.33. The summed E-state index contributed by atoms with van der Waals surface area (Å²) in [6.07, 6.45) is 4.94. The third-order valence-electron chi connectivity index (χ3n) is 2.73. The van der Waals surface area contributed by atoms with Gasteiger partial charge in [0, 0.05) is 13.1 Å². The molecular weight excluding hydrogens is 202 g/mol. The van der Waals surface area contributed by atoms with Crippen LogP contribution in [0.2, 0.25) is 0 Å². The van der Waals surface area contributed by atoms with Gasteiger partial charge in [0.25, 0.3) is 5.91 Å². The van der Waals surface area contributed by atoms with Crippen molar-refractivity contribution in [3.05, 3.63) is 41.5 Å². The van der Waals surface area contributed by atoms with E-state index in [0.717, 1.165) is 18.5 Å². The summed E-state index contributed by atoms with van der Waals surface area (Å²) in [7, 11) is 0. The van der Waals surface area contributed by atoms with Crippen LogP contribution in [0.25, 0.3) is 0 Å². The molecule has 0 aliphatic carbocycles. The molecule has 0 aromatic heterocycles. The van der Waals surface area contributed by atoms with Gasteiger partial charge in [0.05, 0.1) is 5.56 Å². The molecule has 1 aromatic rings. The first-order valence-electron chi connectivity index (χ1n) is 5.42. The van der Waals surface area contributed by atoms with Crippen LogP contribution in [0.3, 0.4) is 0 Å². The van der Waals surface area contributed by atoms with Crippen molar-refractivity contribution < 1.29 is 9.90 Å². The predicted molar refractivity (Wildman–Crippen MR) is 62.5 cm³/mol. The largest absolute Gasteiger partial charge is 0.507 e. The lowest BCUT2D eigenvalue weighted by molar-refractivity contribution is 0.0768. The molecule has 1 N–H and O–H groups in total. The van der Waals surface area contributed by atoms with Crippen LogP contribution in [-0.4, -0.2) is 29.0 Å². The van der Waals surface area contributed by atoms with Crippen LogP contribution in [0, 0.1) is 6.92 Å². The third kappa shape index (κ3) is 2.08. The van der Waals surface area contributed by atoms with E-state index >= 15 is 0 Å². The second kappa shape index (κ2) is 4.39. The number of phenolic OH excluding ortho intramolecular Hbond substituents is 1. The zero-order valence-corrected chi connectivity index (χ0v) is 9.31. The maximum Gasteiger partial charge on any atom is 0.257 e. The minimum absolute atomic E-state index is 0.0603. The highest BCUT2D eigenvalue weighted by molar-refractivity contribution is 5.97. The van der Waals surface area contributed by atoms with E-state index in [1.54, 1.807) is 23.1 Å². The Kier molecular flexibility index (Phi) is 2.95. The number of aromatic hydroxyl groups is 1. The Hall–Kier alpha value is -1.77. The second-order valence-corrected chi connectivity index (χ2v) is 4.03. The van der Waals surface area contributed by atoms with Gasteiger partial charge in [0.1, 0.15) is 5.75 Å². The lowest BCUT2D eigenvalue weighted by atomic mass is 10.1. The summed E-state index contributed by atoms with van der Waals surface area (Å²) in [5.41, 5.74) is 1.38. The van der Waals surface area contributed by atoms with Crippen molar-refractivity contribution in [3.8, 4) is 5.75 Å². The molecule has 3 heteroatoms. The summed E-state index contributed by atoms with van der Waals surface area (Å²) in [5, 5.41) is 9.67. The fourth-order valence-electron chi connectivity index (χ4n) is 1.82. The molecule has 0 spiro atoms. The standard InChI is InChI=1S/C13H15NO2/c1-10-5-6-12(15)11(9-10)13(16)14-7-3-2-4-8-14/h2-3,5-6,9,15H,4,7-8H2,1H3. The zero-order valence-electron chi connectivity index (χ0n) is 9.31. The fourth-order valence-corrected chi connectivity index (χ4v) is 1.82. The number of phenols is 1. The first-order chi connectivity index (χ1) is 7.68. The maximum absolute atomic E-state index is 12.1. The molecule has 0 fully saturated rings. The Morgan fingerprint density at radius 2 is 2.19 bits per heavy atom. The number of rotatable bonds is 1. The molecule has 1 heterocycles. The van der Waals surface area contributed by atoms with E-state index in [-0.39, 0.29) is 11.7 Å². The number of carbonyl (C=O) groups excluding carboxylic acids is 1. The maximum atomic E-state index is 12.1. The molecule has 0 saturated carbocycles. The molecular formula is C13H15NO2. The van der Waals surface area contributed by atoms with E-state index in [0.29, 0.717) is 12.1 Å². The summed E-state index contributed by atoms with van der Waals surface area (Å²) in [4.78, 5) is 13.8. The van der Waals surface area contributed by atoms with E-state index in [1.807, 2.05) is 13.0 Å². The van der Waals surface area contributed by atoms with Crippen LogP contribution < -0.4 is 0 Å². The SMILES string of the molecule is Cc1ccc(O)c(C(=O)N2CC=CCC2)c1. The fraction of sp³-hybridized carbons (Fsp3) is 0.308.